The van der Waals surface area contributed by atoms with E-state index in [2.05, 4.69) is 15.9 Å². The molecule has 0 aromatic heterocycles. The van der Waals surface area contributed by atoms with Gasteiger partial charge in [-0.2, -0.15) is 26.3 Å². The lowest BCUT2D eigenvalue weighted by atomic mass is 10.0. The summed E-state index contributed by atoms with van der Waals surface area (Å²) in [6.07, 6.45) is -8.39. The molecular weight excluding hydrogens is 484 g/mol. The molecule has 4 nitrogen and oxygen atoms in total. The van der Waals surface area contributed by atoms with Crippen LogP contribution in [0.4, 0.5) is 26.3 Å². The number of primary amides is 1. The van der Waals surface area contributed by atoms with E-state index in [9.17, 15) is 35.9 Å². The number of rotatable bonds is 6. The molecule has 30 heavy (non-hydrogen) atoms. The molecule has 1 amide bonds. The molecule has 0 heterocycles. The maximum absolute atomic E-state index is 12.9. The Hall–Kier alpha value is -2.82. The molecule has 2 aromatic carbocycles. The van der Waals surface area contributed by atoms with Gasteiger partial charge in [0.2, 0.25) is 0 Å². The van der Waals surface area contributed by atoms with Gasteiger partial charge in [-0.25, -0.2) is 0 Å². The highest BCUT2D eigenvalue weighted by atomic mass is 79.9. The molecule has 0 spiro atoms. The van der Waals surface area contributed by atoms with Gasteiger partial charge >= 0.3 is 12.4 Å². The fourth-order valence-corrected chi connectivity index (χ4v) is 2.67. The van der Waals surface area contributed by atoms with Crippen LogP contribution < -0.4 is 10.5 Å². The average molecular weight is 496 g/mol. The summed E-state index contributed by atoms with van der Waals surface area (Å²) in [7, 11) is 0. The summed E-state index contributed by atoms with van der Waals surface area (Å²) >= 11 is 3.13. The van der Waals surface area contributed by atoms with Crippen LogP contribution in [0.3, 0.4) is 0 Å². The Balaban J connectivity index is 2.41. The highest BCUT2D eigenvalue weighted by Crippen LogP contribution is 2.36. The molecule has 11 heteroatoms. The third kappa shape index (κ3) is 6.34. The van der Waals surface area contributed by atoms with E-state index >= 15 is 0 Å². The number of allylic oxidation sites excluding steroid dienone is 1. The van der Waals surface area contributed by atoms with Gasteiger partial charge in [0.25, 0.3) is 5.91 Å². The number of ether oxygens (including phenoxy) is 1. The first-order valence-electron chi connectivity index (χ1n) is 8.00. The van der Waals surface area contributed by atoms with Gasteiger partial charge in [0.05, 0.1) is 16.7 Å². The molecule has 0 aliphatic heterocycles. The highest BCUT2D eigenvalue weighted by molar-refractivity contribution is 9.10. The van der Waals surface area contributed by atoms with Crippen LogP contribution in [-0.2, 0) is 17.1 Å². The molecular formula is C19H12BrF6NO3. The second-order valence-corrected chi connectivity index (χ2v) is 6.85. The van der Waals surface area contributed by atoms with Gasteiger partial charge in [-0.3, -0.25) is 9.59 Å². The highest BCUT2D eigenvalue weighted by Gasteiger charge is 2.36. The zero-order valence-electron chi connectivity index (χ0n) is 14.8. The molecule has 0 atom stereocenters. The Morgan fingerprint density at radius 3 is 2.03 bits per heavy atom. The molecule has 0 saturated heterocycles. The summed E-state index contributed by atoms with van der Waals surface area (Å²) in [6, 6.07) is 5.13. The number of hydrogen-bond donors (Lipinski definition) is 1. The summed E-state index contributed by atoms with van der Waals surface area (Å²) in [5, 5.41) is 0. The number of nitrogens with two attached hydrogens (primary N) is 1. The van der Waals surface area contributed by atoms with E-state index in [0.29, 0.717) is 16.6 Å². The number of hydrogen-bond acceptors (Lipinski definition) is 3. The lowest BCUT2D eigenvalue weighted by Crippen LogP contribution is -2.20. The normalized spacial score (nSPS) is 12.2. The molecule has 0 saturated carbocycles. The lowest BCUT2D eigenvalue weighted by Gasteiger charge is -2.13. The summed E-state index contributed by atoms with van der Waals surface area (Å²) in [6.45, 7) is -0.534. The van der Waals surface area contributed by atoms with Crippen LogP contribution >= 0.6 is 15.9 Å². The summed E-state index contributed by atoms with van der Waals surface area (Å²) in [5.74, 6) is -1.62. The zero-order chi connectivity index (χ0) is 22.7. The molecule has 0 bridgehead atoms. The quantitative estimate of drug-likeness (QED) is 0.338. The first-order valence-corrected chi connectivity index (χ1v) is 8.79. The Morgan fingerprint density at radius 1 is 0.967 bits per heavy atom. The van der Waals surface area contributed by atoms with Crippen molar-refractivity contribution in [2.24, 2.45) is 5.73 Å². The van der Waals surface area contributed by atoms with E-state index in [0.717, 1.165) is 12.2 Å². The van der Waals surface area contributed by atoms with Crippen molar-refractivity contribution in [3.05, 3.63) is 69.2 Å². The summed E-state index contributed by atoms with van der Waals surface area (Å²) in [4.78, 5) is 23.3. The van der Waals surface area contributed by atoms with Gasteiger partial charge in [0.1, 0.15) is 5.75 Å². The van der Waals surface area contributed by atoms with Crippen molar-refractivity contribution in [3.63, 3.8) is 0 Å². The predicted molar refractivity (Wildman–Crippen MR) is 98.6 cm³/mol. The SMILES string of the molecule is NC(=O)COc1ccc(Br)cc1C(=O)/C=C/c1cc(C(F)(F)F)cc(C(F)(F)F)c1. The fraction of sp³-hybridized carbons (Fsp3) is 0.158. The van der Waals surface area contributed by atoms with Crippen LogP contribution in [0.5, 0.6) is 5.75 Å². The van der Waals surface area contributed by atoms with Crippen molar-refractivity contribution in [1.29, 1.82) is 0 Å². The Bertz CT molecular complexity index is 966. The second-order valence-electron chi connectivity index (χ2n) is 5.93. The number of carbonyl (C=O) groups excluding carboxylic acids is 2. The number of carbonyl (C=O) groups is 2. The monoisotopic (exact) mass is 495 g/mol. The molecule has 2 rings (SSSR count). The number of amides is 1. The van der Waals surface area contributed by atoms with E-state index in [1.54, 1.807) is 0 Å². The van der Waals surface area contributed by atoms with Crippen molar-refractivity contribution in [2.45, 2.75) is 12.4 Å². The first-order chi connectivity index (χ1) is 13.8. The largest absolute Gasteiger partial charge is 0.483 e. The van der Waals surface area contributed by atoms with Crippen molar-refractivity contribution in [1.82, 2.24) is 0 Å². The van der Waals surface area contributed by atoms with Crippen molar-refractivity contribution in [2.75, 3.05) is 6.61 Å². The predicted octanol–water partition coefficient (Wildman–Crippen LogP) is 5.25. The van der Waals surface area contributed by atoms with E-state index in [-0.39, 0.29) is 17.4 Å². The van der Waals surface area contributed by atoms with Crippen molar-refractivity contribution in [3.8, 4) is 5.75 Å². The van der Waals surface area contributed by atoms with Crippen LogP contribution in [0.2, 0.25) is 0 Å². The molecule has 0 fully saturated rings. The maximum Gasteiger partial charge on any atom is 0.416 e. The van der Waals surface area contributed by atoms with Gasteiger partial charge in [-0.05, 0) is 48.0 Å². The van der Waals surface area contributed by atoms with Crippen molar-refractivity contribution >= 4 is 33.7 Å². The molecule has 0 unspecified atom stereocenters. The molecule has 0 aliphatic carbocycles. The second kappa shape index (κ2) is 8.90. The maximum atomic E-state index is 12.9. The smallest absolute Gasteiger partial charge is 0.416 e. The molecule has 160 valence electrons. The third-order valence-corrected chi connectivity index (χ3v) is 4.11. The molecule has 2 aromatic rings. The fourth-order valence-electron chi connectivity index (χ4n) is 2.31. The van der Waals surface area contributed by atoms with Crippen LogP contribution in [0, 0.1) is 0 Å². The van der Waals surface area contributed by atoms with Crippen LogP contribution in [0.15, 0.2) is 46.9 Å². The van der Waals surface area contributed by atoms with Gasteiger partial charge in [0, 0.05) is 4.47 Å². The minimum atomic E-state index is -5.01. The number of halogens is 7. The molecule has 0 aliphatic rings. The number of benzene rings is 2. The summed E-state index contributed by atoms with van der Waals surface area (Å²) < 4.78 is 83.1. The minimum absolute atomic E-state index is 0.0107. The summed E-state index contributed by atoms with van der Waals surface area (Å²) in [5.41, 5.74) is 1.42. The minimum Gasteiger partial charge on any atom is -0.483 e. The van der Waals surface area contributed by atoms with Crippen LogP contribution in [-0.4, -0.2) is 18.3 Å². The van der Waals surface area contributed by atoms with Crippen LogP contribution in [0.25, 0.3) is 6.08 Å². The topological polar surface area (TPSA) is 69.4 Å². The Morgan fingerprint density at radius 2 is 1.53 bits per heavy atom. The van der Waals surface area contributed by atoms with Gasteiger partial charge < -0.3 is 10.5 Å². The first kappa shape index (κ1) is 23.5. The number of alkyl halides is 6. The average Bonchev–Trinajstić information content (AvgIpc) is 2.63. The standard InChI is InChI=1S/C19H12BrF6NO3/c20-13-2-4-16(30-9-17(27)29)14(8-13)15(28)3-1-10-5-11(18(21,22)23)7-12(6-10)19(24,25)26/h1-8H,9H2,(H2,27,29)/b3-1+. The van der Waals surface area contributed by atoms with Gasteiger partial charge in [-0.15, -0.1) is 0 Å². The van der Waals surface area contributed by atoms with Crippen LogP contribution in [0.1, 0.15) is 27.0 Å². The van der Waals surface area contributed by atoms with E-state index < -0.39 is 47.3 Å². The van der Waals surface area contributed by atoms with Crippen molar-refractivity contribution < 1.29 is 40.7 Å². The molecule has 2 N–H and O–H groups in total. The number of ketones is 1. The zero-order valence-corrected chi connectivity index (χ0v) is 16.4. The Kier molecular flexibility index (Phi) is 6.96. The molecule has 0 radical (unpaired) electrons. The van der Waals surface area contributed by atoms with E-state index in [1.165, 1.54) is 18.2 Å². The third-order valence-electron chi connectivity index (χ3n) is 3.61. The van der Waals surface area contributed by atoms with Gasteiger partial charge in [-0.1, -0.05) is 22.0 Å². The lowest BCUT2D eigenvalue weighted by molar-refractivity contribution is -0.143. The van der Waals surface area contributed by atoms with Gasteiger partial charge in [0.15, 0.2) is 12.4 Å². The van der Waals surface area contributed by atoms with E-state index in [1.807, 2.05) is 0 Å². The van der Waals surface area contributed by atoms with E-state index in [4.69, 9.17) is 10.5 Å². The Labute approximate surface area is 174 Å².